The Morgan fingerprint density at radius 1 is 1.62 bits per heavy atom. The number of aromatic amines is 1. The summed E-state index contributed by atoms with van der Waals surface area (Å²) >= 11 is 0. The van der Waals surface area contributed by atoms with Gasteiger partial charge >= 0.3 is 11.7 Å². The number of aliphatic hydroxyl groups excluding tert-OH is 1. The molecule has 8 nitrogen and oxygen atoms in total. The van der Waals surface area contributed by atoms with E-state index in [9.17, 15) is 23.9 Å². The van der Waals surface area contributed by atoms with Gasteiger partial charge in [0.2, 0.25) is 5.82 Å². The molecule has 3 atom stereocenters. The van der Waals surface area contributed by atoms with Crippen molar-refractivity contribution in [1.29, 1.82) is 0 Å². The molecule has 9 heteroatoms. The van der Waals surface area contributed by atoms with Crippen LogP contribution in [0.1, 0.15) is 26.0 Å². The number of ether oxygens (including phenoxy) is 2. The van der Waals surface area contributed by atoms with Gasteiger partial charge in [-0.3, -0.25) is 19.1 Å². The number of aliphatic hydroxyl groups is 1. The maximum absolute atomic E-state index is 13.2. The van der Waals surface area contributed by atoms with E-state index in [0.29, 0.717) is 0 Å². The molecule has 1 fully saturated rings. The van der Waals surface area contributed by atoms with Crippen LogP contribution in [0.15, 0.2) is 15.8 Å². The van der Waals surface area contributed by atoms with Crippen molar-refractivity contribution in [3.05, 3.63) is 32.9 Å². The Hall–Kier alpha value is -2.00. The second kappa shape index (κ2) is 6.19. The summed E-state index contributed by atoms with van der Waals surface area (Å²) in [6.45, 7) is 1.46. The number of nitrogens with one attached hydrogen (secondary N) is 1. The third kappa shape index (κ3) is 3.37. The van der Waals surface area contributed by atoms with Crippen LogP contribution in [0, 0.1) is 5.82 Å². The molecule has 116 valence electrons. The van der Waals surface area contributed by atoms with Gasteiger partial charge in [-0.1, -0.05) is 6.92 Å². The Labute approximate surface area is 118 Å². The molecule has 0 saturated carbocycles. The Kier molecular flexibility index (Phi) is 4.53. The number of carbonyl (C=O) groups is 1. The van der Waals surface area contributed by atoms with Gasteiger partial charge in [0.15, 0.2) is 0 Å². The smallest absolute Gasteiger partial charge is 0.330 e. The van der Waals surface area contributed by atoms with Gasteiger partial charge in [-0.25, -0.2) is 4.79 Å². The van der Waals surface area contributed by atoms with Crippen molar-refractivity contribution in [3.8, 4) is 0 Å². The minimum absolute atomic E-state index is 0.0136. The lowest BCUT2D eigenvalue weighted by Gasteiger charge is -2.15. The highest BCUT2D eigenvalue weighted by Gasteiger charge is 2.36. The molecule has 1 aromatic heterocycles. The molecule has 2 rings (SSSR count). The van der Waals surface area contributed by atoms with Gasteiger partial charge in [0.1, 0.15) is 18.9 Å². The molecule has 0 radical (unpaired) electrons. The van der Waals surface area contributed by atoms with E-state index in [2.05, 4.69) is 0 Å². The molecule has 21 heavy (non-hydrogen) atoms. The van der Waals surface area contributed by atoms with Crippen molar-refractivity contribution in [3.63, 3.8) is 0 Å². The van der Waals surface area contributed by atoms with E-state index in [1.807, 2.05) is 0 Å². The monoisotopic (exact) mass is 302 g/mol. The fourth-order valence-corrected chi connectivity index (χ4v) is 1.99. The molecule has 0 amide bonds. The summed E-state index contributed by atoms with van der Waals surface area (Å²) in [5.41, 5.74) is -1.96. The summed E-state index contributed by atoms with van der Waals surface area (Å²) in [6, 6.07) is 0. The summed E-state index contributed by atoms with van der Waals surface area (Å²) in [6.07, 6.45) is -1.80. The number of rotatable bonds is 4. The standard InChI is InChI=1S/C12H15FN2O6/c1-2-10(17)20-5-8-7(16)3-9(21-8)15-4-6(13)11(18)14-12(15)19/h4,7-9,16H,2-3,5H2,1H3,(H,14,18,19)/t7-,8+,9+/m0/s1. The lowest BCUT2D eigenvalue weighted by Crippen LogP contribution is -2.34. The molecule has 1 aliphatic rings. The first kappa shape index (κ1) is 15.4. The molecule has 0 aromatic carbocycles. The number of aromatic nitrogens is 2. The van der Waals surface area contributed by atoms with Crippen LogP contribution in [-0.4, -0.2) is 39.4 Å². The third-order valence-electron chi connectivity index (χ3n) is 3.14. The molecule has 0 aliphatic carbocycles. The van der Waals surface area contributed by atoms with Crippen molar-refractivity contribution in [2.45, 2.75) is 38.2 Å². The van der Waals surface area contributed by atoms with Crippen LogP contribution >= 0.6 is 0 Å². The molecular formula is C12H15FN2O6. The number of hydrogen-bond acceptors (Lipinski definition) is 6. The Balaban J connectivity index is 2.10. The molecule has 2 N–H and O–H groups in total. The molecule has 0 spiro atoms. The van der Waals surface area contributed by atoms with Gasteiger partial charge < -0.3 is 14.6 Å². The molecule has 1 aliphatic heterocycles. The molecule has 2 heterocycles. The van der Waals surface area contributed by atoms with Gasteiger partial charge in [0, 0.05) is 12.8 Å². The summed E-state index contributed by atoms with van der Waals surface area (Å²) in [4.78, 5) is 35.4. The van der Waals surface area contributed by atoms with Crippen LogP contribution in [0.25, 0.3) is 0 Å². The maximum Gasteiger partial charge on any atom is 0.330 e. The summed E-state index contributed by atoms with van der Waals surface area (Å²) < 4.78 is 24.3. The highest BCUT2D eigenvalue weighted by molar-refractivity contribution is 5.68. The normalized spacial score (nSPS) is 25.0. The number of carbonyl (C=O) groups excluding carboxylic acids is 1. The topological polar surface area (TPSA) is 111 Å². The number of nitrogens with zero attached hydrogens (tertiary/aromatic N) is 1. The van der Waals surface area contributed by atoms with Crippen LogP contribution in [-0.2, 0) is 14.3 Å². The van der Waals surface area contributed by atoms with E-state index < -0.39 is 41.5 Å². The number of halogens is 1. The fourth-order valence-electron chi connectivity index (χ4n) is 1.99. The lowest BCUT2D eigenvalue weighted by atomic mass is 10.2. The SMILES string of the molecule is CCC(=O)OC[C@H]1O[C@@H](n2cc(F)c(=O)[nH]c2=O)C[C@@H]1O. The second-order valence-electron chi connectivity index (χ2n) is 4.61. The van der Waals surface area contributed by atoms with Crippen LogP contribution in [0.3, 0.4) is 0 Å². The predicted molar refractivity (Wildman–Crippen MR) is 67.1 cm³/mol. The van der Waals surface area contributed by atoms with E-state index in [1.54, 1.807) is 11.9 Å². The molecule has 0 unspecified atom stereocenters. The van der Waals surface area contributed by atoms with Crippen molar-refractivity contribution in [2.75, 3.05) is 6.61 Å². The minimum atomic E-state index is -1.13. The first-order valence-electron chi connectivity index (χ1n) is 6.42. The predicted octanol–water partition coefficient (Wildman–Crippen LogP) is -0.723. The number of esters is 1. The molecule has 1 saturated heterocycles. The van der Waals surface area contributed by atoms with E-state index in [-0.39, 0.29) is 19.4 Å². The minimum Gasteiger partial charge on any atom is -0.463 e. The largest absolute Gasteiger partial charge is 0.463 e. The van der Waals surface area contributed by atoms with E-state index in [1.165, 1.54) is 0 Å². The van der Waals surface area contributed by atoms with Gasteiger partial charge in [0.05, 0.1) is 12.3 Å². The zero-order valence-electron chi connectivity index (χ0n) is 11.2. The number of H-pyrrole nitrogens is 1. The third-order valence-corrected chi connectivity index (χ3v) is 3.14. The van der Waals surface area contributed by atoms with Crippen LogP contribution in [0.4, 0.5) is 4.39 Å². The zero-order valence-corrected chi connectivity index (χ0v) is 11.2. The van der Waals surface area contributed by atoms with Crippen molar-refractivity contribution in [1.82, 2.24) is 9.55 Å². The van der Waals surface area contributed by atoms with E-state index in [0.717, 1.165) is 10.8 Å². The second-order valence-corrected chi connectivity index (χ2v) is 4.61. The molecule has 1 aromatic rings. The average Bonchev–Trinajstić information content (AvgIpc) is 2.81. The van der Waals surface area contributed by atoms with Crippen LogP contribution in [0.5, 0.6) is 0 Å². The first-order valence-corrected chi connectivity index (χ1v) is 6.42. The molecule has 0 bridgehead atoms. The van der Waals surface area contributed by atoms with Crippen molar-refractivity contribution >= 4 is 5.97 Å². The van der Waals surface area contributed by atoms with Crippen molar-refractivity contribution < 1.29 is 23.8 Å². The Bertz CT molecular complexity index is 639. The molecular weight excluding hydrogens is 287 g/mol. The Morgan fingerprint density at radius 3 is 3.00 bits per heavy atom. The highest BCUT2D eigenvalue weighted by atomic mass is 19.1. The zero-order chi connectivity index (χ0) is 15.6. The number of hydrogen-bond donors (Lipinski definition) is 2. The van der Waals surface area contributed by atoms with Crippen LogP contribution in [0.2, 0.25) is 0 Å². The highest BCUT2D eigenvalue weighted by Crippen LogP contribution is 2.27. The summed E-state index contributed by atoms with van der Waals surface area (Å²) in [5.74, 6) is -1.57. The lowest BCUT2D eigenvalue weighted by molar-refractivity contribution is -0.149. The van der Waals surface area contributed by atoms with Crippen molar-refractivity contribution in [2.24, 2.45) is 0 Å². The van der Waals surface area contributed by atoms with Gasteiger partial charge in [-0.15, -0.1) is 0 Å². The van der Waals surface area contributed by atoms with Gasteiger partial charge in [-0.2, -0.15) is 4.39 Å². The van der Waals surface area contributed by atoms with Gasteiger partial charge in [-0.05, 0) is 0 Å². The van der Waals surface area contributed by atoms with E-state index >= 15 is 0 Å². The van der Waals surface area contributed by atoms with E-state index in [4.69, 9.17) is 9.47 Å². The van der Waals surface area contributed by atoms with Crippen LogP contribution < -0.4 is 11.2 Å². The summed E-state index contributed by atoms with van der Waals surface area (Å²) in [5, 5.41) is 9.82. The average molecular weight is 302 g/mol. The Morgan fingerprint density at radius 2 is 2.33 bits per heavy atom. The first-order chi connectivity index (χ1) is 9.92. The quantitative estimate of drug-likeness (QED) is 0.710. The maximum atomic E-state index is 13.2. The fraction of sp³-hybridized carbons (Fsp3) is 0.583. The van der Waals surface area contributed by atoms with Gasteiger partial charge in [0.25, 0.3) is 5.56 Å². The summed E-state index contributed by atoms with van der Waals surface area (Å²) in [7, 11) is 0.